The van der Waals surface area contributed by atoms with Crippen molar-refractivity contribution in [3.63, 3.8) is 0 Å². The highest BCUT2D eigenvalue weighted by molar-refractivity contribution is 5.94. The molecule has 0 aromatic carbocycles. The number of rotatable bonds is 2. The van der Waals surface area contributed by atoms with Gasteiger partial charge in [-0.3, -0.25) is 4.79 Å². The molecule has 1 amide bonds. The second-order valence-corrected chi connectivity index (χ2v) is 5.02. The van der Waals surface area contributed by atoms with Crippen molar-refractivity contribution in [1.29, 1.82) is 0 Å². The maximum atomic E-state index is 12.1. The summed E-state index contributed by atoms with van der Waals surface area (Å²) in [6, 6.07) is 3.83. The highest BCUT2D eigenvalue weighted by Crippen LogP contribution is 2.12. The Balaban J connectivity index is 2.01. The zero-order valence-electron chi connectivity index (χ0n) is 11.1. The van der Waals surface area contributed by atoms with Crippen LogP contribution < -0.4 is 10.6 Å². The maximum Gasteiger partial charge on any atom is 0.242 e. The molecule has 0 radical (unpaired) electrons. The first-order chi connectivity index (χ1) is 8.65. The van der Waals surface area contributed by atoms with E-state index in [2.05, 4.69) is 15.6 Å². The molecule has 2 rings (SSSR count). The molecule has 1 saturated heterocycles. The van der Waals surface area contributed by atoms with Crippen molar-refractivity contribution >= 4 is 11.7 Å². The Hall–Kier alpha value is -1.42. The molecule has 1 aliphatic heterocycles. The van der Waals surface area contributed by atoms with Crippen molar-refractivity contribution in [3.8, 4) is 0 Å². The number of hydrogen-bond acceptors (Lipinski definition) is 3. The van der Waals surface area contributed by atoms with E-state index >= 15 is 0 Å². The predicted molar refractivity (Wildman–Crippen MR) is 72.6 cm³/mol. The van der Waals surface area contributed by atoms with Gasteiger partial charge >= 0.3 is 0 Å². The van der Waals surface area contributed by atoms with Gasteiger partial charge in [0.25, 0.3) is 0 Å². The summed E-state index contributed by atoms with van der Waals surface area (Å²) in [6.45, 7) is 4.87. The highest BCUT2D eigenvalue weighted by Gasteiger charge is 2.19. The Bertz CT molecular complexity index is 403. The smallest absolute Gasteiger partial charge is 0.242 e. The molecule has 0 saturated carbocycles. The molecule has 1 aromatic heterocycles. The number of anilines is 1. The second kappa shape index (κ2) is 5.96. The van der Waals surface area contributed by atoms with Crippen LogP contribution in [0.15, 0.2) is 12.1 Å². The zero-order chi connectivity index (χ0) is 13.0. The van der Waals surface area contributed by atoms with Gasteiger partial charge in [-0.15, -0.1) is 0 Å². The summed E-state index contributed by atoms with van der Waals surface area (Å²) < 4.78 is 0. The van der Waals surface area contributed by atoms with Gasteiger partial charge in [0, 0.05) is 5.69 Å². The Morgan fingerprint density at radius 1 is 1.33 bits per heavy atom. The Labute approximate surface area is 108 Å². The summed E-state index contributed by atoms with van der Waals surface area (Å²) in [7, 11) is 0. The van der Waals surface area contributed by atoms with Crippen LogP contribution >= 0.6 is 0 Å². The lowest BCUT2D eigenvalue weighted by molar-refractivity contribution is -0.118. The number of carbonyl (C=O) groups is 1. The summed E-state index contributed by atoms with van der Waals surface area (Å²) in [5.74, 6) is 0.693. The van der Waals surface area contributed by atoms with Gasteiger partial charge in [0.2, 0.25) is 5.91 Å². The van der Waals surface area contributed by atoms with E-state index in [0.29, 0.717) is 5.82 Å². The molecule has 1 fully saturated rings. The van der Waals surface area contributed by atoms with Gasteiger partial charge in [-0.2, -0.15) is 0 Å². The van der Waals surface area contributed by atoms with Gasteiger partial charge in [0.15, 0.2) is 0 Å². The van der Waals surface area contributed by atoms with Gasteiger partial charge < -0.3 is 10.6 Å². The number of nitrogens with zero attached hydrogens (tertiary/aromatic N) is 1. The average Bonchev–Trinajstić information content (AvgIpc) is 2.55. The molecular weight excluding hydrogens is 226 g/mol. The molecule has 98 valence electrons. The predicted octanol–water partition coefficient (Wildman–Crippen LogP) is 2.17. The minimum absolute atomic E-state index is 0.0365. The molecule has 0 bridgehead atoms. The van der Waals surface area contributed by atoms with Gasteiger partial charge in [-0.05, 0) is 50.9 Å². The van der Waals surface area contributed by atoms with Crippen molar-refractivity contribution in [2.24, 2.45) is 0 Å². The molecule has 1 aromatic rings. The van der Waals surface area contributed by atoms with E-state index in [9.17, 15) is 4.79 Å². The number of amides is 1. The highest BCUT2D eigenvalue weighted by atomic mass is 16.2. The first-order valence-electron chi connectivity index (χ1n) is 6.65. The minimum atomic E-state index is -0.0740. The van der Waals surface area contributed by atoms with Crippen LogP contribution in [-0.4, -0.2) is 23.5 Å². The van der Waals surface area contributed by atoms with E-state index in [1.807, 2.05) is 26.0 Å². The van der Waals surface area contributed by atoms with Gasteiger partial charge in [-0.1, -0.05) is 12.8 Å². The number of pyridine rings is 1. The van der Waals surface area contributed by atoms with Crippen LogP contribution in [0.4, 0.5) is 5.82 Å². The molecule has 18 heavy (non-hydrogen) atoms. The van der Waals surface area contributed by atoms with E-state index in [4.69, 9.17) is 0 Å². The summed E-state index contributed by atoms with van der Waals surface area (Å²) in [6.07, 6.45) is 4.39. The lowest BCUT2D eigenvalue weighted by atomic mass is 10.1. The van der Waals surface area contributed by atoms with Crippen molar-refractivity contribution in [2.75, 3.05) is 11.9 Å². The van der Waals surface area contributed by atoms with Crippen LogP contribution in [0.3, 0.4) is 0 Å². The molecule has 0 aliphatic carbocycles. The van der Waals surface area contributed by atoms with E-state index in [0.717, 1.165) is 37.1 Å². The van der Waals surface area contributed by atoms with Crippen molar-refractivity contribution < 1.29 is 4.79 Å². The standard InChI is InChI=1S/C14H21N3O/c1-10-8-11(2)16-13(9-10)17-14(18)12-6-4-3-5-7-15-12/h8-9,12,15H,3-7H2,1-2H3,(H,16,17,18). The SMILES string of the molecule is Cc1cc(C)nc(NC(=O)C2CCCCCN2)c1. The van der Waals surface area contributed by atoms with Crippen molar-refractivity contribution in [3.05, 3.63) is 23.4 Å². The molecule has 2 N–H and O–H groups in total. The van der Waals surface area contributed by atoms with Gasteiger partial charge in [-0.25, -0.2) is 4.98 Å². The van der Waals surface area contributed by atoms with Crippen LogP contribution in [0.2, 0.25) is 0 Å². The fourth-order valence-corrected chi connectivity index (χ4v) is 2.37. The minimum Gasteiger partial charge on any atom is -0.309 e. The molecule has 1 atom stereocenters. The molecule has 4 nitrogen and oxygen atoms in total. The Morgan fingerprint density at radius 2 is 2.17 bits per heavy atom. The van der Waals surface area contributed by atoms with Crippen LogP contribution in [0.5, 0.6) is 0 Å². The molecular formula is C14H21N3O. The molecule has 1 unspecified atom stereocenters. The lowest BCUT2D eigenvalue weighted by Gasteiger charge is -2.15. The summed E-state index contributed by atoms with van der Waals surface area (Å²) in [5.41, 5.74) is 2.05. The van der Waals surface area contributed by atoms with E-state index < -0.39 is 0 Å². The van der Waals surface area contributed by atoms with Crippen molar-refractivity contribution in [1.82, 2.24) is 10.3 Å². The van der Waals surface area contributed by atoms with Crippen LogP contribution in [0, 0.1) is 13.8 Å². The van der Waals surface area contributed by atoms with Crippen LogP contribution in [0.1, 0.15) is 36.9 Å². The number of aromatic nitrogens is 1. The number of hydrogen-bond donors (Lipinski definition) is 2. The first-order valence-corrected chi connectivity index (χ1v) is 6.65. The number of carbonyl (C=O) groups excluding carboxylic acids is 1. The Kier molecular flexibility index (Phi) is 4.31. The fraction of sp³-hybridized carbons (Fsp3) is 0.571. The summed E-state index contributed by atoms with van der Waals surface area (Å²) >= 11 is 0. The van der Waals surface area contributed by atoms with Crippen molar-refractivity contribution in [2.45, 2.75) is 45.6 Å². The molecule has 4 heteroatoms. The van der Waals surface area contributed by atoms with E-state index in [1.54, 1.807) is 0 Å². The van der Waals surface area contributed by atoms with Crippen LogP contribution in [-0.2, 0) is 4.79 Å². The van der Waals surface area contributed by atoms with Gasteiger partial charge in [0.05, 0.1) is 6.04 Å². The molecule has 2 heterocycles. The quantitative estimate of drug-likeness (QED) is 0.842. The largest absolute Gasteiger partial charge is 0.309 e. The van der Waals surface area contributed by atoms with E-state index in [-0.39, 0.29) is 11.9 Å². The molecule has 0 spiro atoms. The molecule has 1 aliphatic rings. The third kappa shape index (κ3) is 3.53. The third-order valence-corrected chi connectivity index (χ3v) is 3.23. The lowest BCUT2D eigenvalue weighted by Crippen LogP contribution is -2.40. The zero-order valence-corrected chi connectivity index (χ0v) is 11.1. The topological polar surface area (TPSA) is 54.0 Å². The Morgan fingerprint density at radius 3 is 2.94 bits per heavy atom. The first kappa shape index (κ1) is 13.0. The maximum absolute atomic E-state index is 12.1. The monoisotopic (exact) mass is 247 g/mol. The van der Waals surface area contributed by atoms with Crippen LogP contribution in [0.25, 0.3) is 0 Å². The normalized spacial score (nSPS) is 20.2. The summed E-state index contributed by atoms with van der Waals surface area (Å²) in [4.78, 5) is 16.5. The van der Waals surface area contributed by atoms with E-state index in [1.165, 1.54) is 6.42 Å². The number of nitrogens with one attached hydrogen (secondary N) is 2. The second-order valence-electron chi connectivity index (χ2n) is 5.02. The summed E-state index contributed by atoms with van der Waals surface area (Å²) in [5, 5.41) is 6.20. The van der Waals surface area contributed by atoms with Gasteiger partial charge in [0.1, 0.15) is 5.82 Å². The fourth-order valence-electron chi connectivity index (χ4n) is 2.37. The number of aryl methyl sites for hydroxylation is 2. The average molecular weight is 247 g/mol. The third-order valence-electron chi connectivity index (χ3n) is 3.23.